The average molecular weight is 246 g/mol. The summed E-state index contributed by atoms with van der Waals surface area (Å²) in [4.78, 5) is 12.1. The first kappa shape index (κ1) is 12.7. The summed E-state index contributed by atoms with van der Waals surface area (Å²) in [7, 11) is 0. The zero-order valence-corrected chi connectivity index (χ0v) is 10.5. The normalized spacial score (nSPS) is 12.8. The molecular formula is C13H18N4O. The van der Waals surface area contributed by atoms with Gasteiger partial charge in [0.15, 0.2) is 0 Å². The van der Waals surface area contributed by atoms with Gasteiger partial charge in [-0.3, -0.25) is 4.79 Å². The number of hydrogen-bond acceptors (Lipinski definition) is 4. The Hall–Kier alpha value is -1.75. The van der Waals surface area contributed by atoms with Crippen LogP contribution < -0.4 is 11.3 Å². The van der Waals surface area contributed by atoms with Crippen LogP contribution in [0.5, 0.6) is 0 Å². The number of benzene rings is 1. The summed E-state index contributed by atoms with van der Waals surface area (Å²) in [5.74, 6) is 0. The van der Waals surface area contributed by atoms with E-state index in [9.17, 15) is 4.79 Å². The van der Waals surface area contributed by atoms with Crippen molar-refractivity contribution in [2.24, 2.45) is 5.73 Å². The lowest BCUT2D eigenvalue weighted by molar-refractivity contribution is 0.476. The molecule has 0 bridgehead atoms. The molecule has 0 aliphatic heterocycles. The first-order valence-corrected chi connectivity index (χ1v) is 6.30. The van der Waals surface area contributed by atoms with E-state index in [1.165, 1.54) is 4.68 Å². The highest BCUT2D eigenvalue weighted by atomic mass is 16.1. The first-order valence-electron chi connectivity index (χ1n) is 6.30. The molecule has 2 rings (SSSR count). The number of rotatable bonds is 5. The van der Waals surface area contributed by atoms with Gasteiger partial charge in [-0.05, 0) is 31.4 Å². The van der Waals surface area contributed by atoms with Crippen LogP contribution in [0.1, 0.15) is 26.2 Å². The molecule has 18 heavy (non-hydrogen) atoms. The van der Waals surface area contributed by atoms with Crippen molar-refractivity contribution < 1.29 is 0 Å². The van der Waals surface area contributed by atoms with Gasteiger partial charge in [0.1, 0.15) is 5.52 Å². The Bertz CT molecular complexity index is 578. The van der Waals surface area contributed by atoms with Crippen molar-refractivity contribution in [3.05, 3.63) is 34.6 Å². The molecule has 0 aliphatic rings. The standard InChI is InChI=1S/C13H18N4O/c1-2-10(14)6-5-9-17-13(18)11-7-3-4-8-12(11)15-16-17/h3-4,7-8,10H,2,5-6,9,14H2,1H3. The highest BCUT2D eigenvalue weighted by Crippen LogP contribution is 2.04. The Labute approximate surface area is 106 Å². The maximum atomic E-state index is 12.1. The number of fused-ring (bicyclic) bond motifs is 1. The molecule has 1 aromatic heterocycles. The van der Waals surface area contributed by atoms with Crippen LogP contribution in [0.25, 0.3) is 10.9 Å². The molecule has 2 aromatic rings. The van der Waals surface area contributed by atoms with Crippen LogP contribution in [-0.2, 0) is 6.54 Å². The first-order chi connectivity index (χ1) is 8.72. The molecule has 0 saturated carbocycles. The van der Waals surface area contributed by atoms with Gasteiger partial charge in [-0.1, -0.05) is 24.3 Å². The summed E-state index contributed by atoms with van der Waals surface area (Å²) in [6.45, 7) is 2.64. The fourth-order valence-electron chi connectivity index (χ4n) is 1.88. The fraction of sp³-hybridized carbons (Fsp3) is 0.462. The third-order valence-electron chi connectivity index (χ3n) is 3.10. The molecule has 5 nitrogen and oxygen atoms in total. The molecular weight excluding hydrogens is 228 g/mol. The number of aryl methyl sites for hydroxylation is 1. The quantitative estimate of drug-likeness (QED) is 0.863. The lowest BCUT2D eigenvalue weighted by Gasteiger charge is -2.08. The molecule has 0 fully saturated rings. The minimum absolute atomic E-state index is 0.0781. The zero-order valence-electron chi connectivity index (χ0n) is 10.5. The average Bonchev–Trinajstić information content (AvgIpc) is 2.41. The topological polar surface area (TPSA) is 73.8 Å². The van der Waals surface area contributed by atoms with Crippen molar-refractivity contribution in [3.8, 4) is 0 Å². The van der Waals surface area contributed by atoms with Gasteiger partial charge in [-0.2, -0.15) is 0 Å². The van der Waals surface area contributed by atoms with E-state index >= 15 is 0 Å². The van der Waals surface area contributed by atoms with Gasteiger partial charge in [-0.25, -0.2) is 4.68 Å². The summed E-state index contributed by atoms with van der Waals surface area (Å²) < 4.78 is 1.42. The minimum atomic E-state index is -0.0781. The Kier molecular flexibility index (Phi) is 4.04. The predicted octanol–water partition coefficient (Wildman–Crippen LogP) is 1.31. The molecule has 2 N–H and O–H groups in total. The second-order valence-electron chi connectivity index (χ2n) is 4.45. The maximum absolute atomic E-state index is 12.1. The molecule has 96 valence electrons. The van der Waals surface area contributed by atoms with E-state index < -0.39 is 0 Å². The van der Waals surface area contributed by atoms with Crippen LogP contribution in [0.4, 0.5) is 0 Å². The molecule has 0 amide bonds. The van der Waals surface area contributed by atoms with Gasteiger partial charge in [0.2, 0.25) is 0 Å². The third-order valence-corrected chi connectivity index (χ3v) is 3.10. The summed E-state index contributed by atoms with van der Waals surface area (Å²) in [5.41, 5.74) is 6.41. The molecule has 1 atom stereocenters. The van der Waals surface area contributed by atoms with Crippen molar-refractivity contribution in [2.45, 2.75) is 38.8 Å². The predicted molar refractivity (Wildman–Crippen MR) is 71.3 cm³/mol. The van der Waals surface area contributed by atoms with Gasteiger partial charge in [-0.15, -0.1) is 5.10 Å². The maximum Gasteiger partial charge on any atom is 0.277 e. The van der Waals surface area contributed by atoms with Crippen LogP contribution in [0.15, 0.2) is 29.1 Å². The lowest BCUT2D eigenvalue weighted by Crippen LogP contribution is -2.26. The zero-order chi connectivity index (χ0) is 13.0. The highest BCUT2D eigenvalue weighted by Gasteiger charge is 2.05. The Morgan fingerprint density at radius 1 is 1.39 bits per heavy atom. The van der Waals surface area contributed by atoms with E-state index in [-0.39, 0.29) is 11.6 Å². The summed E-state index contributed by atoms with van der Waals surface area (Å²) >= 11 is 0. The molecule has 0 saturated heterocycles. The van der Waals surface area contributed by atoms with Crippen molar-refractivity contribution in [2.75, 3.05) is 0 Å². The minimum Gasteiger partial charge on any atom is -0.328 e. The van der Waals surface area contributed by atoms with E-state index in [0.29, 0.717) is 17.4 Å². The Balaban J connectivity index is 2.14. The monoisotopic (exact) mass is 246 g/mol. The van der Waals surface area contributed by atoms with Crippen molar-refractivity contribution in [1.29, 1.82) is 0 Å². The molecule has 1 unspecified atom stereocenters. The number of hydrogen-bond donors (Lipinski definition) is 1. The molecule has 1 heterocycles. The van der Waals surface area contributed by atoms with Crippen molar-refractivity contribution in [1.82, 2.24) is 15.0 Å². The molecule has 0 aliphatic carbocycles. The number of nitrogens with zero attached hydrogens (tertiary/aromatic N) is 3. The molecule has 0 radical (unpaired) electrons. The van der Waals surface area contributed by atoms with Crippen LogP contribution >= 0.6 is 0 Å². The van der Waals surface area contributed by atoms with Gasteiger partial charge >= 0.3 is 0 Å². The molecule has 1 aromatic carbocycles. The number of aromatic nitrogens is 3. The van der Waals surface area contributed by atoms with E-state index in [1.807, 2.05) is 12.1 Å². The second kappa shape index (κ2) is 5.73. The smallest absolute Gasteiger partial charge is 0.277 e. The van der Waals surface area contributed by atoms with Crippen LogP contribution in [-0.4, -0.2) is 21.0 Å². The third kappa shape index (κ3) is 2.73. The highest BCUT2D eigenvalue weighted by molar-refractivity contribution is 5.76. The van der Waals surface area contributed by atoms with Crippen LogP contribution in [0.3, 0.4) is 0 Å². The van der Waals surface area contributed by atoms with Gasteiger partial charge in [0.25, 0.3) is 5.56 Å². The van der Waals surface area contributed by atoms with E-state index in [0.717, 1.165) is 19.3 Å². The van der Waals surface area contributed by atoms with Gasteiger partial charge in [0.05, 0.1) is 5.39 Å². The molecule has 5 heteroatoms. The van der Waals surface area contributed by atoms with E-state index in [1.54, 1.807) is 12.1 Å². The van der Waals surface area contributed by atoms with E-state index in [4.69, 9.17) is 5.73 Å². The van der Waals surface area contributed by atoms with Crippen molar-refractivity contribution in [3.63, 3.8) is 0 Å². The van der Waals surface area contributed by atoms with Gasteiger partial charge in [0, 0.05) is 12.6 Å². The van der Waals surface area contributed by atoms with Crippen LogP contribution in [0.2, 0.25) is 0 Å². The second-order valence-corrected chi connectivity index (χ2v) is 4.45. The largest absolute Gasteiger partial charge is 0.328 e. The number of nitrogens with two attached hydrogens (primary N) is 1. The van der Waals surface area contributed by atoms with Crippen molar-refractivity contribution >= 4 is 10.9 Å². The van der Waals surface area contributed by atoms with Gasteiger partial charge < -0.3 is 5.73 Å². The Morgan fingerprint density at radius 2 is 2.17 bits per heavy atom. The SMILES string of the molecule is CCC(N)CCCn1nnc2ccccc2c1=O. The summed E-state index contributed by atoms with van der Waals surface area (Å²) in [6, 6.07) is 7.46. The summed E-state index contributed by atoms with van der Waals surface area (Å²) in [6.07, 6.45) is 2.71. The van der Waals surface area contributed by atoms with E-state index in [2.05, 4.69) is 17.2 Å². The Morgan fingerprint density at radius 3 is 2.94 bits per heavy atom. The fourth-order valence-corrected chi connectivity index (χ4v) is 1.88. The lowest BCUT2D eigenvalue weighted by atomic mass is 10.1. The summed E-state index contributed by atoms with van der Waals surface area (Å²) in [5, 5.41) is 8.60. The molecule has 0 spiro atoms. The van der Waals surface area contributed by atoms with Crippen LogP contribution in [0, 0.1) is 0 Å².